The molecule has 0 unspecified atom stereocenters. The maximum Gasteiger partial charge on any atom is 0.501 e. The molecule has 0 spiro atoms. The van der Waals surface area contributed by atoms with Crippen LogP contribution in [-0.4, -0.2) is 54.3 Å². The molecule has 0 heterocycles. The molecule has 0 atom stereocenters. The van der Waals surface area contributed by atoms with E-state index in [9.17, 15) is 55.8 Å². The number of phenols is 1. The summed E-state index contributed by atoms with van der Waals surface area (Å²) in [6.07, 6.45) is -0.441. The molecule has 0 saturated heterocycles. The topological polar surface area (TPSA) is 160 Å². The van der Waals surface area contributed by atoms with Crippen LogP contribution in [-0.2, 0) is 59.4 Å². The fourth-order valence-electron chi connectivity index (χ4n) is 5.42. The van der Waals surface area contributed by atoms with E-state index in [4.69, 9.17) is 23.2 Å². The summed E-state index contributed by atoms with van der Waals surface area (Å²) in [4.78, 5) is -5.45. The SMILES string of the molecule is O=S(=O)(F)c1ccc(S(=O)(=O)CCc2cccc(CN(Cc3ccc(-c4ccccc4)cc3)S(=O)(=O)c3cc(Cl)cc(Cl)c3O)c2)c(S(=O)(=O)C(F)(F)F)c1. The summed E-state index contributed by atoms with van der Waals surface area (Å²) in [5, 5.41) is 10.2. The smallest absolute Gasteiger partial charge is 0.501 e. The van der Waals surface area contributed by atoms with Crippen molar-refractivity contribution in [3.8, 4) is 16.9 Å². The third-order valence-corrected chi connectivity index (χ3v) is 14.7. The molecule has 0 fully saturated rings. The van der Waals surface area contributed by atoms with E-state index < -0.39 is 82.9 Å². The van der Waals surface area contributed by atoms with Crippen LogP contribution in [0.2, 0.25) is 10.0 Å². The standard InChI is InChI=1S/C35H27Cl2F4NO9S4/c36-28-18-30(37)34(43)33(19-28)55(50,51)42(21-24-9-11-27(12-10-24)26-7-2-1-3-8-26)22-25-6-4-5-23(17-25)15-16-52(44,45)31-14-13-29(54(41,48)49)20-32(31)53(46,47)35(38,39)40/h1-14,17-20,43H,15-16,21-22H2. The first kappa shape index (κ1) is 42.1. The fourth-order valence-corrected chi connectivity index (χ4v) is 11.1. The number of aryl methyl sites for hydroxylation is 1. The Bertz CT molecular complexity index is 2700. The Morgan fingerprint density at radius 1 is 0.618 bits per heavy atom. The van der Waals surface area contributed by atoms with Gasteiger partial charge in [0.2, 0.25) is 10.0 Å². The van der Waals surface area contributed by atoms with Gasteiger partial charge in [0.15, 0.2) is 15.6 Å². The quantitative estimate of drug-likeness (QED) is 0.0923. The van der Waals surface area contributed by atoms with E-state index in [1.54, 1.807) is 24.3 Å². The van der Waals surface area contributed by atoms with E-state index in [2.05, 4.69) is 0 Å². The molecule has 5 aromatic rings. The Kier molecular flexibility index (Phi) is 12.1. The summed E-state index contributed by atoms with van der Waals surface area (Å²) in [6, 6.07) is 24.7. The first-order valence-corrected chi connectivity index (χ1v) is 22.3. The highest BCUT2D eigenvalue weighted by atomic mass is 35.5. The van der Waals surface area contributed by atoms with Crippen molar-refractivity contribution in [3.05, 3.63) is 136 Å². The summed E-state index contributed by atoms with van der Waals surface area (Å²) in [6.45, 7) is -0.597. The third kappa shape index (κ3) is 9.50. The molecule has 5 aromatic carbocycles. The average molecular weight is 881 g/mol. The number of hydrogen-bond donors (Lipinski definition) is 1. The summed E-state index contributed by atoms with van der Waals surface area (Å²) in [7, 11) is -21.7. The number of halogens is 6. The summed E-state index contributed by atoms with van der Waals surface area (Å²) >= 11 is 12.1. The highest BCUT2D eigenvalue weighted by Gasteiger charge is 2.49. The normalized spacial score (nSPS) is 12.9. The summed E-state index contributed by atoms with van der Waals surface area (Å²) in [5.74, 6) is -1.75. The molecule has 0 aliphatic carbocycles. The molecule has 0 amide bonds. The minimum absolute atomic E-state index is 0.0797. The van der Waals surface area contributed by atoms with Crippen molar-refractivity contribution >= 4 is 63.1 Å². The molecule has 10 nitrogen and oxygen atoms in total. The minimum Gasteiger partial charge on any atom is -0.505 e. The zero-order valence-electron chi connectivity index (χ0n) is 27.8. The first-order chi connectivity index (χ1) is 25.5. The van der Waals surface area contributed by atoms with Crippen molar-refractivity contribution in [1.29, 1.82) is 0 Å². The second-order valence-electron chi connectivity index (χ2n) is 12.0. The van der Waals surface area contributed by atoms with E-state index in [1.807, 2.05) is 30.3 Å². The van der Waals surface area contributed by atoms with Crippen molar-refractivity contribution in [2.24, 2.45) is 0 Å². The van der Waals surface area contributed by atoms with Crippen LogP contribution in [0.1, 0.15) is 16.7 Å². The Hall–Kier alpha value is -4.04. The minimum atomic E-state index is -6.47. The van der Waals surface area contributed by atoms with E-state index in [-0.39, 0.29) is 40.8 Å². The summed E-state index contributed by atoms with van der Waals surface area (Å²) < 4.78 is 157. The van der Waals surface area contributed by atoms with Crippen LogP contribution in [0.5, 0.6) is 5.75 Å². The highest BCUT2D eigenvalue weighted by Crippen LogP contribution is 2.38. The van der Waals surface area contributed by atoms with Gasteiger partial charge in [0.05, 0.1) is 25.5 Å². The van der Waals surface area contributed by atoms with Gasteiger partial charge in [-0.05, 0) is 64.6 Å². The zero-order chi connectivity index (χ0) is 40.6. The predicted octanol–water partition coefficient (Wildman–Crippen LogP) is 7.73. The molecule has 0 aromatic heterocycles. The first-order valence-electron chi connectivity index (χ1n) is 15.5. The molecular weight excluding hydrogens is 854 g/mol. The van der Waals surface area contributed by atoms with Gasteiger partial charge in [-0.1, -0.05) is 102 Å². The second kappa shape index (κ2) is 15.8. The van der Waals surface area contributed by atoms with Gasteiger partial charge in [0, 0.05) is 18.1 Å². The lowest BCUT2D eigenvalue weighted by molar-refractivity contribution is -0.0437. The maximum absolute atomic E-state index is 14.1. The summed E-state index contributed by atoms with van der Waals surface area (Å²) in [5.41, 5.74) is -3.24. The lowest BCUT2D eigenvalue weighted by Gasteiger charge is -2.24. The van der Waals surface area contributed by atoms with Gasteiger partial charge >= 0.3 is 15.7 Å². The Balaban J connectivity index is 1.47. The van der Waals surface area contributed by atoms with Gasteiger partial charge in [-0.25, -0.2) is 25.3 Å². The number of sulfone groups is 2. The molecule has 0 saturated carbocycles. The molecule has 0 aliphatic rings. The number of aromatic hydroxyl groups is 1. The van der Waals surface area contributed by atoms with Crippen molar-refractivity contribution < 1.29 is 55.8 Å². The van der Waals surface area contributed by atoms with E-state index in [0.717, 1.165) is 27.6 Å². The molecule has 5 rings (SSSR count). The molecule has 0 bridgehead atoms. The number of sulfonamides is 1. The van der Waals surface area contributed by atoms with E-state index in [1.165, 1.54) is 24.3 Å². The van der Waals surface area contributed by atoms with Crippen LogP contribution < -0.4 is 0 Å². The van der Waals surface area contributed by atoms with E-state index in [0.29, 0.717) is 17.2 Å². The Morgan fingerprint density at radius 3 is 1.84 bits per heavy atom. The van der Waals surface area contributed by atoms with E-state index >= 15 is 0 Å². The Morgan fingerprint density at radius 2 is 1.22 bits per heavy atom. The fraction of sp³-hybridized carbons (Fsp3) is 0.143. The monoisotopic (exact) mass is 879 g/mol. The lowest BCUT2D eigenvalue weighted by atomic mass is 10.0. The second-order valence-corrected chi connectivity index (χ2v) is 20.0. The number of rotatable bonds is 13. The van der Waals surface area contributed by atoms with Crippen LogP contribution in [0, 0.1) is 0 Å². The van der Waals surface area contributed by atoms with Gasteiger partial charge in [-0.2, -0.15) is 25.9 Å². The molecule has 55 heavy (non-hydrogen) atoms. The van der Waals surface area contributed by atoms with Gasteiger partial charge in [0.25, 0.3) is 9.84 Å². The molecule has 20 heteroatoms. The van der Waals surface area contributed by atoms with Gasteiger partial charge in [0.1, 0.15) is 4.90 Å². The van der Waals surface area contributed by atoms with Crippen molar-refractivity contribution in [3.63, 3.8) is 0 Å². The van der Waals surface area contributed by atoms with Crippen LogP contribution in [0.3, 0.4) is 0 Å². The van der Waals surface area contributed by atoms with Crippen LogP contribution >= 0.6 is 23.2 Å². The molecule has 0 radical (unpaired) electrons. The molecular formula is C35H27Cl2F4NO9S4. The number of nitrogens with zero attached hydrogens (tertiary/aromatic N) is 1. The van der Waals surface area contributed by atoms with Crippen LogP contribution in [0.4, 0.5) is 17.1 Å². The van der Waals surface area contributed by atoms with Crippen molar-refractivity contribution in [2.75, 3.05) is 5.75 Å². The number of phenolic OH excluding ortho intramolecular Hbond substituents is 1. The zero-order valence-corrected chi connectivity index (χ0v) is 32.6. The number of benzene rings is 5. The van der Waals surface area contributed by atoms with Crippen LogP contribution in [0.25, 0.3) is 11.1 Å². The predicted molar refractivity (Wildman–Crippen MR) is 197 cm³/mol. The van der Waals surface area contributed by atoms with Crippen LogP contribution in [0.15, 0.2) is 129 Å². The number of hydrogen-bond acceptors (Lipinski definition) is 9. The Labute approximate surface area is 324 Å². The highest BCUT2D eigenvalue weighted by molar-refractivity contribution is 7.95. The van der Waals surface area contributed by atoms with Crippen molar-refractivity contribution in [1.82, 2.24) is 4.31 Å². The van der Waals surface area contributed by atoms with Gasteiger partial charge < -0.3 is 5.11 Å². The lowest BCUT2D eigenvalue weighted by Crippen LogP contribution is -2.30. The molecule has 0 aliphatic heterocycles. The third-order valence-electron chi connectivity index (χ3n) is 8.17. The average Bonchev–Trinajstić information content (AvgIpc) is 3.11. The van der Waals surface area contributed by atoms with Crippen molar-refractivity contribution in [2.45, 2.75) is 44.6 Å². The molecule has 1 N–H and O–H groups in total. The largest absolute Gasteiger partial charge is 0.505 e. The maximum atomic E-state index is 14.1. The number of alkyl halides is 3. The molecule has 292 valence electrons. The van der Waals surface area contributed by atoms with Gasteiger partial charge in [-0.15, -0.1) is 3.89 Å². The van der Waals surface area contributed by atoms with Gasteiger partial charge in [-0.3, -0.25) is 0 Å².